The Hall–Kier alpha value is -1.23. The lowest BCUT2D eigenvalue weighted by Crippen LogP contribution is -2.11. The SMILES string of the molecule is COc1ccc(NC(=O)c2ccc(Cl)c(Cl)c2)cc1Br. The maximum atomic E-state index is 12.1. The van der Waals surface area contributed by atoms with E-state index >= 15 is 0 Å². The number of anilines is 1. The molecule has 6 heteroatoms. The van der Waals surface area contributed by atoms with Crippen LogP contribution >= 0.6 is 39.1 Å². The molecule has 0 atom stereocenters. The van der Waals surface area contributed by atoms with Gasteiger partial charge in [0.05, 0.1) is 21.6 Å². The largest absolute Gasteiger partial charge is 0.496 e. The number of carbonyl (C=O) groups excluding carboxylic acids is 1. The second-order valence-electron chi connectivity index (χ2n) is 3.93. The monoisotopic (exact) mass is 373 g/mol. The van der Waals surface area contributed by atoms with Crippen molar-refractivity contribution in [1.82, 2.24) is 0 Å². The van der Waals surface area contributed by atoms with Gasteiger partial charge in [0.1, 0.15) is 5.75 Å². The Kier molecular flexibility index (Phi) is 4.91. The molecule has 2 aromatic carbocycles. The van der Waals surface area contributed by atoms with Gasteiger partial charge in [-0.3, -0.25) is 4.79 Å². The van der Waals surface area contributed by atoms with E-state index < -0.39 is 0 Å². The van der Waals surface area contributed by atoms with E-state index in [1.54, 1.807) is 37.4 Å². The molecule has 0 aliphatic rings. The zero-order valence-electron chi connectivity index (χ0n) is 10.4. The van der Waals surface area contributed by atoms with E-state index in [-0.39, 0.29) is 5.91 Å². The fraction of sp³-hybridized carbons (Fsp3) is 0.0714. The molecule has 0 aliphatic carbocycles. The summed E-state index contributed by atoms with van der Waals surface area (Å²) in [4.78, 5) is 12.1. The van der Waals surface area contributed by atoms with Crippen LogP contribution in [0, 0.1) is 0 Å². The van der Waals surface area contributed by atoms with Gasteiger partial charge in [-0.15, -0.1) is 0 Å². The van der Waals surface area contributed by atoms with Crippen molar-refractivity contribution in [3.05, 3.63) is 56.5 Å². The van der Waals surface area contributed by atoms with E-state index in [9.17, 15) is 4.79 Å². The zero-order valence-corrected chi connectivity index (χ0v) is 13.5. The number of ether oxygens (including phenoxy) is 1. The Balaban J connectivity index is 2.19. The molecule has 0 fully saturated rings. The first-order chi connectivity index (χ1) is 9.51. The highest BCUT2D eigenvalue weighted by Gasteiger charge is 2.09. The first-order valence-electron chi connectivity index (χ1n) is 5.61. The van der Waals surface area contributed by atoms with Crippen molar-refractivity contribution in [2.45, 2.75) is 0 Å². The van der Waals surface area contributed by atoms with Gasteiger partial charge < -0.3 is 10.1 Å². The Morgan fingerprint density at radius 1 is 1.15 bits per heavy atom. The summed E-state index contributed by atoms with van der Waals surface area (Å²) in [6.07, 6.45) is 0. The van der Waals surface area contributed by atoms with Gasteiger partial charge in [-0.2, -0.15) is 0 Å². The molecule has 20 heavy (non-hydrogen) atoms. The highest BCUT2D eigenvalue weighted by Crippen LogP contribution is 2.28. The van der Waals surface area contributed by atoms with E-state index in [0.717, 1.165) is 4.47 Å². The third-order valence-corrected chi connectivity index (χ3v) is 3.95. The Labute approximate surface area is 135 Å². The third-order valence-electron chi connectivity index (χ3n) is 2.59. The van der Waals surface area contributed by atoms with E-state index in [1.165, 1.54) is 6.07 Å². The molecule has 1 N–H and O–H groups in total. The molecule has 2 rings (SSSR count). The lowest BCUT2D eigenvalue weighted by Gasteiger charge is -2.08. The average Bonchev–Trinajstić information content (AvgIpc) is 2.42. The number of nitrogens with one attached hydrogen (secondary N) is 1. The molecule has 0 bridgehead atoms. The second-order valence-corrected chi connectivity index (χ2v) is 5.60. The van der Waals surface area contributed by atoms with Gasteiger partial charge in [0.2, 0.25) is 0 Å². The molecule has 0 aromatic heterocycles. The summed E-state index contributed by atoms with van der Waals surface area (Å²) < 4.78 is 5.88. The molecule has 0 saturated carbocycles. The number of benzene rings is 2. The summed E-state index contributed by atoms with van der Waals surface area (Å²) in [6.45, 7) is 0. The van der Waals surface area contributed by atoms with Gasteiger partial charge in [0, 0.05) is 11.3 Å². The summed E-state index contributed by atoms with van der Waals surface area (Å²) in [5.74, 6) is 0.429. The van der Waals surface area contributed by atoms with Crippen molar-refractivity contribution in [1.29, 1.82) is 0 Å². The number of halogens is 3. The molecule has 1 amide bonds. The van der Waals surface area contributed by atoms with Crippen LogP contribution in [0.2, 0.25) is 10.0 Å². The van der Waals surface area contributed by atoms with E-state index in [0.29, 0.717) is 27.0 Å². The molecule has 3 nitrogen and oxygen atoms in total. The molecule has 0 heterocycles. The lowest BCUT2D eigenvalue weighted by atomic mass is 10.2. The third kappa shape index (κ3) is 3.45. The summed E-state index contributed by atoms with van der Waals surface area (Å²) in [5.41, 5.74) is 1.08. The normalized spacial score (nSPS) is 10.2. The first-order valence-corrected chi connectivity index (χ1v) is 7.16. The molecular weight excluding hydrogens is 365 g/mol. The van der Waals surface area contributed by atoms with Crippen LogP contribution < -0.4 is 10.1 Å². The fourth-order valence-corrected chi connectivity index (χ4v) is 2.42. The Bertz CT molecular complexity index is 662. The number of methoxy groups -OCH3 is 1. The molecule has 0 radical (unpaired) electrons. The van der Waals surface area contributed by atoms with Crippen molar-refractivity contribution < 1.29 is 9.53 Å². The highest BCUT2D eigenvalue weighted by molar-refractivity contribution is 9.10. The quantitative estimate of drug-likeness (QED) is 0.819. The van der Waals surface area contributed by atoms with Gasteiger partial charge in [0.15, 0.2) is 0 Å². The molecule has 2 aromatic rings. The predicted octanol–water partition coefficient (Wildman–Crippen LogP) is 5.02. The minimum atomic E-state index is -0.263. The lowest BCUT2D eigenvalue weighted by molar-refractivity contribution is 0.102. The standard InChI is InChI=1S/C14H10BrCl2NO2/c1-20-13-5-3-9(7-10(13)15)18-14(19)8-2-4-11(16)12(17)6-8/h2-7H,1H3,(H,18,19). The van der Waals surface area contributed by atoms with Crippen molar-refractivity contribution in [3.8, 4) is 5.75 Å². The van der Waals surface area contributed by atoms with E-state index in [4.69, 9.17) is 27.9 Å². The highest BCUT2D eigenvalue weighted by atomic mass is 79.9. The molecule has 0 spiro atoms. The number of rotatable bonds is 3. The topological polar surface area (TPSA) is 38.3 Å². The van der Waals surface area contributed by atoms with Gasteiger partial charge >= 0.3 is 0 Å². The van der Waals surface area contributed by atoms with Crippen LogP contribution in [0.4, 0.5) is 5.69 Å². The van der Waals surface area contributed by atoms with E-state index in [1.807, 2.05) is 0 Å². The summed E-state index contributed by atoms with van der Waals surface area (Å²) in [5, 5.41) is 3.53. The Morgan fingerprint density at radius 3 is 2.50 bits per heavy atom. The Morgan fingerprint density at radius 2 is 1.90 bits per heavy atom. The van der Waals surface area contributed by atoms with Crippen molar-refractivity contribution in [2.24, 2.45) is 0 Å². The van der Waals surface area contributed by atoms with Gasteiger partial charge in [-0.25, -0.2) is 0 Å². The van der Waals surface area contributed by atoms with Crippen molar-refractivity contribution in [3.63, 3.8) is 0 Å². The zero-order chi connectivity index (χ0) is 14.7. The minimum Gasteiger partial charge on any atom is -0.496 e. The predicted molar refractivity (Wildman–Crippen MR) is 85.1 cm³/mol. The number of amides is 1. The second kappa shape index (κ2) is 6.48. The molecule has 104 valence electrons. The van der Waals surface area contributed by atoms with Crippen molar-refractivity contribution in [2.75, 3.05) is 12.4 Å². The van der Waals surface area contributed by atoms with Gasteiger partial charge in [-0.1, -0.05) is 23.2 Å². The van der Waals surface area contributed by atoms with Crippen LogP contribution in [0.3, 0.4) is 0 Å². The number of hydrogen-bond donors (Lipinski definition) is 1. The maximum Gasteiger partial charge on any atom is 0.255 e. The first kappa shape index (κ1) is 15.2. The molecule has 0 aliphatic heterocycles. The molecule has 0 unspecified atom stereocenters. The molecular formula is C14H10BrCl2NO2. The van der Waals surface area contributed by atoms with Crippen LogP contribution in [0.15, 0.2) is 40.9 Å². The van der Waals surface area contributed by atoms with E-state index in [2.05, 4.69) is 21.2 Å². The van der Waals surface area contributed by atoms with Crippen LogP contribution in [-0.2, 0) is 0 Å². The fourth-order valence-electron chi connectivity index (χ4n) is 1.58. The van der Waals surface area contributed by atoms with Crippen LogP contribution in [0.25, 0.3) is 0 Å². The van der Waals surface area contributed by atoms with Crippen LogP contribution in [0.1, 0.15) is 10.4 Å². The smallest absolute Gasteiger partial charge is 0.255 e. The van der Waals surface area contributed by atoms with Crippen molar-refractivity contribution >= 4 is 50.7 Å². The maximum absolute atomic E-state index is 12.1. The summed E-state index contributed by atoms with van der Waals surface area (Å²) >= 11 is 15.1. The van der Waals surface area contributed by atoms with Crippen LogP contribution in [-0.4, -0.2) is 13.0 Å². The molecule has 0 saturated heterocycles. The summed E-state index contributed by atoms with van der Waals surface area (Å²) in [7, 11) is 1.58. The number of hydrogen-bond acceptors (Lipinski definition) is 2. The summed E-state index contributed by atoms with van der Waals surface area (Å²) in [6, 6.07) is 9.99. The van der Waals surface area contributed by atoms with Gasteiger partial charge in [0.25, 0.3) is 5.91 Å². The van der Waals surface area contributed by atoms with Gasteiger partial charge in [-0.05, 0) is 52.3 Å². The van der Waals surface area contributed by atoms with Crippen LogP contribution in [0.5, 0.6) is 5.75 Å². The average molecular weight is 375 g/mol. The minimum absolute atomic E-state index is 0.263. The number of carbonyl (C=O) groups is 1.